The molecule has 1 aliphatic heterocycles. The number of rotatable bonds is 4. The molecule has 4 aromatic rings. The van der Waals surface area contributed by atoms with E-state index in [4.69, 9.17) is 0 Å². The molecule has 3 heterocycles. The summed E-state index contributed by atoms with van der Waals surface area (Å²) in [5, 5.41) is 0. The summed E-state index contributed by atoms with van der Waals surface area (Å²) in [6.07, 6.45) is 2.19. The summed E-state index contributed by atoms with van der Waals surface area (Å²) in [6.45, 7) is 7.48. The lowest BCUT2D eigenvalue weighted by Gasteiger charge is -2.35. The van der Waals surface area contributed by atoms with Crippen LogP contribution >= 0.6 is 0 Å². The largest absolute Gasteiger partial charge is 0.355 e. The highest BCUT2D eigenvalue weighted by Crippen LogP contribution is 2.32. The standard InChI is InChI=1S/C26H27N3/c1-21-10-12-22(13-11-21)20-27-15-17-28(18-16-27)26-19-24(23-7-3-2-4-8-23)25-9-5-6-14-29(25)26/h2-14,19H,15-18,20H2,1H3. The van der Waals surface area contributed by atoms with Crippen LogP contribution in [-0.4, -0.2) is 35.5 Å². The van der Waals surface area contributed by atoms with E-state index in [1.54, 1.807) is 0 Å². The lowest BCUT2D eigenvalue weighted by Crippen LogP contribution is -2.46. The van der Waals surface area contributed by atoms with Crippen LogP contribution in [0.25, 0.3) is 16.6 Å². The molecule has 1 saturated heterocycles. The van der Waals surface area contributed by atoms with Gasteiger partial charge in [-0.3, -0.25) is 4.90 Å². The van der Waals surface area contributed by atoms with Crippen LogP contribution in [0.2, 0.25) is 0 Å². The van der Waals surface area contributed by atoms with Gasteiger partial charge in [-0.1, -0.05) is 66.2 Å². The van der Waals surface area contributed by atoms with Crippen molar-refractivity contribution in [1.82, 2.24) is 9.30 Å². The van der Waals surface area contributed by atoms with Gasteiger partial charge in [-0.05, 0) is 36.2 Å². The maximum atomic E-state index is 2.56. The molecule has 0 bridgehead atoms. The molecule has 0 atom stereocenters. The van der Waals surface area contributed by atoms with Gasteiger partial charge in [-0.25, -0.2) is 0 Å². The molecule has 146 valence electrons. The predicted molar refractivity (Wildman–Crippen MR) is 122 cm³/mol. The highest BCUT2D eigenvalue weighted by molar-refractivity contribution is 5.85. The van der Waals surface area contributed by atoms with Crippen LogP contribution in [0.4, 0.5) is 5.82 Å². The van der Waals surface area contributed by atoms with E-state index in [-0.39, 0.29) is 0 Å². The number of fused-ring (bicyclic) bond motifs is 1. The number of aryl methyl sites for hydroxylation is 1. The number of aromatic nitrogens is 1. The molecule has 29 heavy (non-hydrogen) atoms. The average molecular weight is 382 g/mol. The van der Waals surface area contributed by atoms with E-state index in [0.29, 0.717) is 0 Å². The number of pyridine rings is 1. The summed E-state index contributed by atoms with van der Waals surface area (Å²) in [5.41, 5.74) is 6.59. The van der Waals surface area contributed by atoms with Gasteiger partial charge in [0, 0.05) is 44.5 Å². The Balaban J connectivity index is 1.36. The third-order valence-electron chi connectivity index (χ3n) is 5.96. The van der Waals surface area contributed by atoms with Gasteiger partial charge in [0.25, 0.3) is 0 Å². The third kappa shape index (κ3) is 3.66. The number of anilines is 1. The molecule has 0 spiro atoms. The fourth-order valence-corrected chi connectivity index (χ4v) is 4.31. The van der Waals surface area contributed by atoms with Gasteiger partial charge in [0.2, 0.25) is 0 Å². The van der Waals surface area contributed by atoms with Crippen molar-refractivity contribution in [3.63, 3.8) is 0 Å². The van der Waals surface area contributed by atoms with Crippen molar-refractivity contribution in [1.29, 1.82) is 0 Å². The number of hydrogen-bond acceptors (Lipinski definition) is 2. The number of nitrogens with zero attached hydrogens (tertiary/aromatic N) is 3. The molecule has 0 unspecified atom stereocenters. The quantitative estimate of drug-likeness (QED) is 0.479. The fraction of sp³-hybridized carbons (Fsp3) is 0.231. The van der Waals surface area contributed by atoms with Crippen LogP contribution in [-0.2, 0) is 6.54 Å². The van der Waals surface area contributed by atoms with Crippen molar-refractivity contribution in [3.8, 4) is 11.1 Å². The molecule has 5 rings (SSSR count). The zero-order valence-electron chi connectivity index (χ0n) is 17.0. The van der Waals surface area contributed by atoms with Gasteiger partial charge < -0.3 is 9.30 Å². The Morgan fingerprint density at radius 2 is 1.48 bits per heavy atom. The van der Waals surface area contributed by atoms with Gasteiger partial charge in [0.1, 0.15) is 5.82 Å². The molecule has 2 aromatic heterocycles. The SMILES string of the molecule is Cc1ccc(CN2CCN(c3cc(-c4ccccc4)c4ccccn34)CC2)cc1. The van der Waals surface area contributed by atoms with Crippen molar-refractivity contribution in [3.05, 3.63) is 96.2 Å². The summed E-state index contributed by atoms with van der Waals surface area (Å²) in [5.74, 6) is 1.30. The van der Waals surface area contributed by atoms with E-state index in [9.17, 15) is 0 Å². The normalized spacial score (nSPS) is 15.1. The van der Waals surface area contributed by atoms with Gasteiger partial charge in [-0.15, -0.1) is 0 Å². The zero-order chi connectivity index (χ0) is 19.6. The number of piperazine rings is 1. The molecule has 0 aliphatic carbocycles. The first kappa shape index (κ1) is 18.0. The highest BCUT2D eigenvalue weighted by Gasteiger charge is 2.21. The summed E-state index contributed by atoms with van der Waals surface area (Å²) in [6, 6.07) is 28.5. The van der Waals surface area contributed by atoms with Crippen molar-refractivity contribution in [2.45, 2.75) is 13.5 Å². The predicted octanol–water partition coefficient (Wildman–Crippen LogP) is 5.24. The summed E-state index contributed by atoms with van der Waals surface area (Å²) in [7, 11) is 0. The molecular formula is C26H27N3. The summed E-state index contributed by atoms with van der Waals surface area (Å²) < 4.78 is 2.35. The minimum atomic E-state index is 1.04. The van der Waals surface area contributed by atoms with Crippen molar-refractivity contribution < 1.29 is 0 Å². The molecule has 0 N–H and O–H groups in total. The topological polar surface area (TPSA) is 10.9 Å². The lowest BCUT2D eigenvalue weighted by atomic mass is 10.1. The van der Waals surface area contributed by atoms with Crippen LogP contribution in [0.15, 0.2) is 85.1 Å². The second-order valence-electron chi connectivity index (χ2n) is 7.99. The van der Waals surface area contributed by atoms with Gasteiger partial charge in [-0.2, -0.15) is 0 Å². The van der Waals surface area contributed by atoms with Crippen molar-refractivity contribution >= 4 is 11.3 Å². The molecule has 0 saturated carbocycles. The second kappa shape index (κ2) is 7.76. The Morgan fingerprint density at radius 3 is 2.24 bits per heavy atom. The van der Waals surface area contributed by atoms with Crippen LogP contribution < -0.4 is 4.90 Å². The van der Waals surface area contributed by atoms with Gasteiger partial charge in [0.15, 0.2) is 0 Å². The van der Waals surface area contributed by atoms with Gasteiger partial charge in [0.05, 0.1) is 5.52 Å². The van der Waals surface area contributed by atoms with E-state index in [1.165, 1.54) is 33.6 Å². The molecule has 2 aromatic carbocycles. The Kier molecular flexibility index (Phi) is 4.82. The molecule has 1 fully saturated rings. The molecule has 0 radical (unpaired) electrons. The molecule has 3 nitrogen and oxygen atoms in total. The van der Waals surface area contributed by atoms with Crippen LogP contribution in [0.3, 0.4) is 0 Å². The van der Waals surface area contributed by atoms with E-state index < -0.39 is 0 Å². The first-order valence-corrected chi connectivity index (χ1v) is 10.5. The average Bonchev–Trinajstić information content (AvgIpc) is 3.16. The molecule has 3 heteroatoms. The summed E-state index contributed by atoms with van der Waals surface area (Å²) in [4.78, 5) is 5.10. The van der Waals surface area contributed by atoms with Crippen LogP contribution in [0, 0.1) is 6.92 Å². The molecular weight excluding hydrogens is 354 g/mol. The Labute approximate surface area is 172 Å². The van der Waals surface area contributed by atoms with Gasteiger partial charge >= 0.3 is 0 Å². The van der Waals surface area contributed by atoms with Crippen LogP contribution in [0.1, 0.15) is 11.1 Å². The van der Waals surface area contributed by atoms with E-state index in [2.05, 4.69) is 106 Å². The second-order valence-corrected chi connectivity index (χ2v) is 7.99. The smallest absolute Gasteiger partial charge is 0.113 e. The first-order valence-electron chi connectivity index (χ1n) is 10.5. The maximum absolute atomic E-state index is 2.56. The van der Waals surface area contributed by atoms with E-state index in [1.807, 2.05) is 0 Å². The minimum absolute atomic E-state index is 1.04. The third-order valence-corrected chi connectivity index (χ3v) is 5.96. The lowest BCUT2D eigenvalue weighted by molar-refractivity contribution is 0.249. The highest BCUT2D eigenvalue weighted by atomic mass is 15.3. The number of hydrogen-bond donors (Lipinski definition) is 0. The fourth-order valence-electron chi connectivity index (χ4n) is 4.31. The molecule has 0 amide bonds. The Morgan fingerprint density at radius 1 is 0.759 bits per heavy atom. The first-order chi connectivity index (χ1) is 14.3. The monoisotopic (exact) mass is 381 g/mol. The van der Waals surface area contributed by atoms with E-state index in [0.717, 1.165) is 32.7 Å². The van der Waals surface area contributed by atoms with Crippen LogP contribution in [0.5, 0.6) is 0 Å². The van der Waals surface area contributed by atoms with Crippen molar-refractivity contribution in [2.24, 2.45) is 0 Å². The Hall–Kier alpha value is -3.04. The molecule has 1 aliphatic rings. The Bertz CT molecular complexity index is 1090. The van der Waals surface area contributed by atoms with Crippen molar-refractivity contribution in [2.75, 3.05) is 31.1 Å². The summed E-state index contributed by atoms with van der Waals surface area (Å²) >= 11 is 0. The maximum Gasteiger partial charge on any atom is 0.113 e. The zero-order valence-corrected chi connectivity index (χ0v) is 17.0. The van der Waals surface area contributed by atoms with E-state index >= 15 is 0 Å². The minimum Gasteiger partial charge on any atom is -0.355 e. The number of benzene rings is 2.